The van der Waals surface area contributed by atoms with Crippen LogP contribution in [0, 0.1) is 12.7 Å². The summed E-state index contributed by atoms with van der Waals surface area (Å²) in [6, 6.07) is 18.9. The SMILES string of the molecule is COc1cc(/C=C2\SC(=S)N(c3ccc(F)cc3)C2=O)ccc1OCCOc1ccc(C)cc1. The van der Waals surface area contributed by atoms with Crippen molar-refractivity contribution in [1.29, 1.82) is 0 Å². The van der Waals surface area contributed by atoms with Crippen LogP contribution in [0.25, 0.3) is 6.08 Å². The lowest BCUT2D eigenvalue weighted by atomic mass is 10.2. The number of anilines is 1. The standard InChI is InChI=1S/C26H22FNO4S2/c1-17-3-10-21(11-4-17)31-13-14-32-22-12-5-18(15-23(22)30-2)16-24-25(29)28(26(33)34-24)20-8-6-19(27)7-9-20/h3-12,15-16H,13-14H2,1-2H3/b24-16-. The first kappa shape index (κ1) is 23.8. The van der Waals surface area contributed by atoms with Crippen LogP contribution in [0.4, 0.5) is 10.1 Å². The molecule has 1 aliphatic rings. The Morgan fingerprint density at radius 1 is 0.971 bits per heavy atom. The van der Waals surface area contributed by atoms with E-state index in [4.69, 9.17) is 26.4 Å². The Morgan fingerprint density at radius 3 is 2.38 bits per heavy atom. The van der Waals surface area contributed by atoms with Crippen LogP contribution in [0.5, 0.6) is 17.2 Å². The highest BCUT2D eigenvalue weighted by molar-refractivity contribution is 8.27. The fourth-order valence-electron chi connectivity index (χ4n) is 3.27. The molecule has 1 aliphatic heterocycles. The van der Waals surface area contributed by atoms with E-state index in [-0.39, 0.29) is 11.7 Å². The van der Waals surface area contributed by atoms with Gasteiger partial charge in [-0.25, -0.2) is 4.39 Å². The van der Waals surface area contributed by atoms with Crippen LogP contribution in [-0.4, -0.2) is 30.6 Å². The minimum atomic E-state index is -0.374. The molecule has 174 valence electrons. The molecule has 0 bridgehead atoms. The van der Waals surface area contributed by atoms with Gasteiger partial charge in [-0.2, -0.15) is 0 Å². The Morgan fingerprint density at radius 2 is 1.68 bits per heavy atom. The van der Waals surface area contributed by atoms with E-state index in [1.165, 1.54) is 46.5 Å². The van der Waals surface area contributed by atoms with E-state index >= 15 is 0 Å². The second-order valence-electron chi connectivity index (χ2n) is 7.41. The second kappa shape index (κ2) is 10.7. The van der Waals surface area contributed by atoms with Gasteiger partial charge in [0.05, 0.1) is 17.7 Å². The minimum Gasteiger partial charge on any atom is -0.493 e. The van der Waals surface area contributed by atoms with Crippen LogP contribution < -0.4 is 19.1 Å². The zero-order valence-electron chi connectivity index (χ0n) is 18.6. The first-order valence-corrected chi connectivity index (χ1v) is 11.7. The van der Waals surface area contributed by atoms with Crippen molar-refractivity contribution >= 4 is 46.0 Å². The smallest absolute Gasteiger partial charge is 0.270 e. The third-order valence-corrected chi connectivity index (χ3v) is 6.30. The fraction of sp³-hybridized carbons (Fsp3) is 0.154. The molecule has 0 saturated carbocycles. The largest absolute Gasteiger partial charge is 0.493 e. The van der Waals surface area contributed by atoms with Crippen molar-refractivity contribution in [2.45, 2.75) is 6.92 Å². The molecule has 5 nitrogen and oxygen atoms in total. The van der Waals surface area contributed by atoms with E-state index in [1.807, 2.05) is 37.3 Å². The average Bonchev–Trinajstić information content (AvgIpc) is 3.11. The number of thioether (sulfide) groups is 1. The maximum atomic E-state index is 13.2. The van der Waals surface area contributed by atoms with Gasteiger partial charge in [-0.05, 0) is 67.1 Å². The normalized spacial score (nSPS) is 14.6. The van der Waals surface area contributed by atoms with Crippen molar-refractivity contribution in [3.05, 3.63) is 88.6 Å². The van der Waals surface area contributed by atoms with Crippen molar-refractivity contribution < 1.29 is 23.4 Å². The van der Waals surface area contributed by atoms with Gasteiger partial charge < -0.3 is 14.2 Å². The molecular weight excluding hydrogens is 473 g/mol. The Kier molecular flexibility index (Phi) is 7.49. The lowest BCUT2D eigenvalue weighted by molar-refractivity contribution is -0.113. The molecule has 0 spiro atoms. The van der Waals surface area contributed by atoms with Gasteiger partial charge in [-0.15, -0.1) is 0 Å². The first-order chi connectivity index (χ1) is 16.4. The molecule has 4 rings (SSSR count). The summed E-state index contributed by atoms with van der Waals surface area (Å²) in [5.74, 6) is 1.27. The molecule has 0 aromatic heterocycles. The van der Waals surface area contributed by atoms with Gasteiger partial charge in [0, 0.05) is 0 Å². The number of halogens is 1. The highest BCUT2D eigenvalue weighted by Gasteiger charge is 2.33. The van der Waals surface area contributed by atoms with E-state index < -0.39 is 0 Å². The number of methoxy groups -OCH3 is 1. The van der Waals surface area contributed by atoms with Crippen LogP contribution in [0.15, 0.2) is 71.6 Å². The molecule has 0 N–H and O–H groups in total. The zero-order valence-corrected chi connectivity index (χ0v) is 20.3. The molecule has 34 heavy (non-hydrogen) atoms. The molecule has 0 radical (unpaired) electrons. The fourth-order valence-corrected chi connectivity index (χ4v) is 4.57. The molecule has 0 aliphatic carbocycles. The van der Waals surface area contributed by atoms with Crippen molar-refractivity contribution in [1.82, 2.24) is 0 Å². The quantitative estimate of drug-likeness (QED) is 0.217. The molecule has 0 atom stereocenters. The summed E-state index contributed by atoms with van der Waals surface area (Å²) in [5, 5.41) is 0. The van der Waals surface area contributed by atoms with Gasteiger partial charge in [0.15, 0.2) is 15.8 Å². The van der Waals surface area contributed by atoms with Gasteiger partial charge >= 0.3 is 0 Å². The molecule has 1 saturated heterocycles. The molecular formula is C26H22FNO4S2. The predicted octanol–water partition coefficient (Wildman–Crippen LogP) is 6.01. The van der Waals surface area contributed by atoms with Gasteiger partial charge in [0.1, 0.15) is 24.8 Å². The number of hydrogen-bond acceptors (Lipinski definition) is 6. The summed E-state index contributed by atoms with van der Waals surface area (Å²) >= 11 is 6.57. The number of aryl methyl sites for hydroxylation is 1. The third-order valence-electron chi connectivity index (χ3n) is 4.99. The predicted molar refractivity (Wildman–Crippen MR) is 137 cm³/mol. The van der Waals surface area contributed by atoms with Gasteiger partial charge in [-0.3, -0.25) is 9.69 Å². The summed E-state index contributed by atoms with van der Waals surface area (Å²) in [6.45, 7) is 2.76. The van der Waals surface area contributed by atoms with E-state index in [2.05, 4.69) is 0 Å². The van der Waals surface area contributed by atoms with E-state index in [9.17, 15) is 9.18 Å². The van der Waals surface area contributed by atoms with Gasteiger partial charge in [-0.1, -0.05) is 47.7 Å². The molecule has 3 aromatic carbocycles. The summed E-state index contributed by atoms with van der Waals surface area (Å²) in [4.78, 5) is 14.8. The molecule has 1 heterocycles. The van der Waals surface area contributed by atoms with Crippen LogP contribution in [-0.2, 0) is 4.79 Å². The van der Waals surface area contributed by atoms with E-state index in [1.54, 1.807) is 25.3 Å². The number of carbonyl (C=O) groups is 1. The Hall–Kier alpha value is -3.36. The minimum absolute atomic E-state index is 0.255. The summed E-state index contributed by atoms with van der Waals surface area (Å²) in [6.07, 6.45) is 1.75. The molecule has 1 fully saturated rings. The third kappa shape index (κ3) is 5.58. The highest BCUT2D eigenvalue weighted by Crippen LogP contribution is 2.37. The van der Waals surface area contributed by atoms with Gasteiger partial charge in [0.25, 0.3) is 5.91 Å². The summed E-state index contributed by atoms with van der Waals surface area (Å²) < 4.78 is 30.6. The summed E-state index contributed by atoms with van der Waals surface area (Å²) in [7, 11) is 1.56. The van der Waals surface area contributed by atoms with Crippen LogP contribution in [0.3, 0.4) is 0 Å². The molecule has 3 aromatic rings. The van der Waals surface area contributed by atoms with Crippen molar-refractivity contribution in [2.24, 2.45) is 0 Å². The molecule has 8 heteroatoms. The average molecular weight is 496 g/mol. The van der Waals surface area contributed by atoms with E-state index in [0.717, 1.165) is 11.3 Å². The maximum Gasteiger partial charge on any atom is 0.270 e. The monoisotopic (exact) mass is 495 g/mol. The number of amides is 1. The van der Waals surface area contributed by atoms with Crippen molar-refractivity contribution in [3.63, 3.8) is 0 Å². The molecule has 1 amide bonds. The number of ether oxygens (including phenoxy) is 3. The number of rotatable bonds is 8. The number of nitrogens with zero attached hydrogens (tertiary/aromatic N) is 1. The molecule has 0 unspecified atom stereocenters. The topological polar surface area (TPSA) is 48.0 Å². The Labute approximate surface area is 207 Å². The Bertz CT molecular complexity index is 1230. The zero-order chi connectivity index (χ0) is 24.1. The second-order valence-corrected chi connectivity index (χ2v) is 9.09. The highest BCUT2D eigenvalue weighted by atomic mass is 32.2. The lowest BCUT2D eigenvalue weighted by Gasteiger charge is -2.14. The van der Waals surface area contributed by atoms with Gasteiger partial charge in [0.2, 0.25) is 0 Å². The van der Waals surface area contributed by atoms with Crippen LogP contribution in [0.1, 0.15) is 11.1 Å². The first-order valence-electron chi connectivity index (χ1n) is 10.5. The number of thiocarbonyl (C=S) groups is 1. The Balaban J connectivity index is 1.41. The summed E-state index contributed by atoms with van der Waals surface area (Å²) in [5.41, 5.74) is 2.47. The van der Waals surface area contributed by atoms with Crippen LogP contribution >= 0.6 is 24.0 Å². The van der Waals surface area contributed by atoms with Crippen LogP contribution in [0.2, 0.25) is 0 Å². The number of carbonyl (C=O) groups excluding carboxylic acids is 1. The maximum absolute atomic E-state index is 13.2. The van der Waals surface area contributed by atoms with E-state index in [0.29, 0.717) is 39.6 Å². The number of benzene rings is 3. The lowest BCUT2D eigenvalue weighted by Crippen LogP contribution is -2.27. The van der Waals surface area contributed by atoms with Crippen molar-refractivity contribution in [2.75, 3.05) is 25.2 Å². The van der Waals surface area contributed by atoms with Crippen molar-refractivity contribution in [3.8, 4) is 17.2 Å². The number of hydrogen-bond donors (Lipinski definition) is 0.